The van der Waals surface area contributed by atoms with Gasteiger partial charge in [-0.25, -0.2) is 4.79 Å². The second-order valence-corrected chi connectivity index (χ2v) is 7.10. The Bertz CT molecular complexity index is 1120. The van der Waals surface area contributed by atoms with E-state index in [0.717, 1.165) is 0 Å². The number of carbonyl (C=O) groups is 3. The van der Waals surface area contributed by atoms with Crippen molar-refractivity contribution >= 4 is 23.3 Å². The van der Waals surface area contributed by atoms with Crippen LogP contribution in [0, 0.1) is 13.8 Å². The molecule has 0 bridgehead atoms. The van der Waals surface area contributed by atoms with Crippen LogP contribution in [-0.2, 0) is 9.53 Å². The average molecular weight is 420 g/mol. The topological polar surface area (TPSA) is 97.5 Å². The minimum absolute atomic E-state index is 0.151. The molecule has 160 valence electrons. The van der Waals surface area contributed by atoms with Crippen molar-refractivity contribution < 1.29 is 23.9 Å². The van der Waals surface area contributed by atoms with Gasteiger partial charge >= 0.3 is 5.97 Å². The summed E-state index contributed by atoms with van der Waals surface area (Å²) >= 11 is 0. The Kier molecular flexibility index (Phi) is 6.55. The number of Topliss-reactive ketones (excluding diaryl/α,β-unsaturated/α-hetero) is 1. The molecular formula is C24H24N2O5. The second kappa shape index (κ2) is 9.30. The first-order chi connectivity index (χ1) is 14.8. The van der Waals surface area contributed by atoms with Crippen molar-refractivity contribution in [3.05, 3.63) is 82.7 Å². The van der Waals surface area contributed by atoms with Crippen molar-refractivity contribution in [1.82, 2.24) is 4.98 Å². The van der Waals surface area contributed by atoms with E-state index in [1.807, 2.05) is 0 Å². The van der Waals surface area contributed by atoms with Crippen LogP contribution >= 0.6 is 0 Å². The number of aromatic nitrogens is 1. The van der Waals surface area contributed by atoms with E-state index in [4.69, 9.17) is 9.47 Å². The van der Waals surface area contributed by atoms with Gasteiger partial charge < -0.3 is 19.8 Å². The monoisotopic (exact) mass is 420 g/mol. The number of hydrogen-bond acceptors (Lipinski definition) is 5. The maximum Gasteiger partial charge on any atom is 0.356 e. The number of ketones is 1. The summed E-state index contributed by atoms with van der Waals surface area (Å²) in [6.45, 7) is 4.82. The smallest absolute Gasteiger partial charge is 0.356 e. The molecule has 0 saturated carbocycles. The summed E-state index contributed by atoms with van der Waals surface area (Å²) in [5, 5.41) is 2.76. The number of rotatable bonds is 7. The van der Waals surface area contributed by atoms with Crippen molar-refractivity contribution in [3.8, 4) is 5.75 Å². The zero-order valence-corrected chi connectivity index (χ0v) is 17.8. The third-order valence-corrected chi connectivity index (χ3v) is 4.90. The SMILES string of the molecule is COc1cccc(NC(=O)[C@H](OC(=O)c2[nH]c(C)c(C(C)=O)c2C)c2ccccc2)c1. The van der Waals surface area contributed by atoms with Crippen LogP contribution in [0.4, 0.5) is 5.69 Å². The number of anilines is 1. The zero-order chi connectivity index (χ0) is 22.5. The number of esters is 1. The molecule has 0 aliphatic carbocycles. The van der Waals surface area contributed by atoms with Crippen LogP contribution in [-0.4, -0.2) is 29.8 Å². The molecule has 2 aromatic carbocycles. The molecule has 7 nitrogen and oxygen atoms in total. The van der Waals surface area contributed by atoms with Crippen molar-refractivity contribution in [2.75, 3.05) is 12.4 Å². The predicted octanol–water partition coefficient (Wildman–Crippen LogP) is 4.38. The van der Waals surface area contributed by atoms with Gasteiger partial charge in [-0.15, -0.1) is 0 Å². The normalized spacial score (nSPS) is 11.5. The third kappa shape index (κ3) is 4.83. The highest BCUT2D eigenvalue weighted by molar-refractivity contribution is 6.02. The quantitative estimate of drug-likeness (QED) is 0.437. The molecule has 0 unspecified atom stereocenters. The number of benzene rings is 2. The Balaban J connectivity index is 1.90. The van der Waals surface area contributed by atoms with E-state index in [1.54, 1.807) is 68.4 Å². The van der Waals surface area contributed by atoms with Gasteiger partial charge in [0.05, 0.1) is 7.11 Å². The first-order valence-corrected chi connectivity index (χ1v) is 9.72. The summed E-state index contributed by atoms with van der Waals surface area (Å²) in [7, 11) is 1.53. The summed E-state index contributed by atoms with van der Waals surface area (Å²) in [5.74, 6) is -0.802. The molecule has 7 heteroatoms. The van der Waals surface area contributed by atoms with Crippen LogP contribution < -0.4 is 10.1 Å². The lowest BCUT2D eigenvalue weighted by Gasteiger charge is -2.18. The van der Waals surface area contributed by atoms with Crippen molar-refractivity contribution in [2.24, 2.45) is 0 Å². The summed E-state index contributed by atoms with van der Waals surface area (Å²) in [6.07, 6.45) is -1.19. The van der Waals surface area contributed by atoms with E-state index in [9.17, 15) is 14.4 Å². The highest BCUT2D eigenvalue weighted by Gasteiger charge is 2.28. The number of H-pyrrole nitrogens is 1. The van der Waals surface area contributed by atoms with E-state index in [2.05, 4.69) is 10.3 Å². The lowest BCUT2D eigenvalue weighted by Crippen LogP contribution is -2.26. The second-order valence-electron chi connectivity index (χ2n) is 7.10. The molecule has 0 fully saturated rings. The van der Waals surface area contributed by atoms with Gasteiger partial charge in [0.15, 0.2) is 5.78 Å². The highest BCUT2D eigenvalue weighted by atomic mass is 16.5. The van der Waals surface area contributed by atoms with E-state index >= 15 is 0 Å². The number of carbonyl (C=O) groups excluding carboxylic acids is 3. The van der Waals surface area contributed by atoms with Gasteiger partial charge in [0.1, 0.15) is 11.4 Å². The molecule has 1 aromatic heterocycles. The van der Waals surface area contributed by atoms with Gasteiger partial charge in [-0.3, -0.25) is 9.59 Å². The minimum atomic E-state index is -1.19. The standard InChI is InChI=1S/C24H24N2O5/c1-14-20(16(3)27)15(2)25-21(14)24(29)31-22(17-9-6-5-7-10-17)23(28)26-18-11-8-12-19(13-18)30-4/h5-13,22,25H,1-4H3,(H,26,28)/t22-/m1/s1. The predicted molar refractivity (Wildman–Crippen MR) is 116 cm³/mol. The number of aryl methyl sites for hydroxylation is 1. The lowest BCUT2D eigenvalue weighted by atomic mass is 10.1. The summed E-state index contributed by atoms with van der Waals surface area (Å²) < 4.78 is 10.8. The Morgan fingerprint density at radius 1 is 1.00 bits per heavy atom. The van der Waals surface area contributed by atoms with Crippen LogP contribution in [0.1, 0.15) is 50.7 Å². The average Bonchev–Trinajstić information content (AvgIpc) is 3.06. The van der Waals surface area contributed by atoms with Gasteiger partial charge in [-0.1, -0.05) is 36.4 Å². The van der Waals surface area contributed by atoms with Crippen molar-refractivity contribution in [1.29, 1.82) is 0 Å². The van der Waals surface area contributed by atoms with Crippen molar-refractivity contribution in [3.63, 3.8) is 0 Å². The highest BCUT2D eigenvalue weighted by Crippen LogP contribution is 2.25. The number of aromatic amines is 1. The molecule has 1 amide bonds. The Labute approximate surface area is 180 Å². The molecule has 0 saturated heterocycles. The van der Waals surface area contributed by atoms with Gasteiger partial charge in [-0.2, -0.15) is 0 Å². The molecule has 1 heterocycles. The molecule has 0 aliphatic heterocycles. The summed E-state index contributed by atoms with van der Waals surface area (Å²) in [4.78, 5) is 40.8. The number of methoxy groups -OCH3 is 1. The Morgan fingerprint density at radius 3 is 2.32 bits per heavy atom. The fraction of sp³-hybridized carbons (Fsp3) is 0.208. The maximum atomic E-state index is 13.1. The fourth-order valence-electron chi connectivity index (χ4n) is 3.46. The van der Waals surface area contributed by atoms with Crippen LogP contribution in [0.2, 0.25) is 0 Å². The maximum absolute atomic E-state index is 13.1. The van der Waals surface area contributed by atoms with E-state index in [1.165, 1.54) is 14.0 Å². The molecule has 3 rings (SSSR count). The van der Waals surface area contributed by atoms with Crippen LogP contribution in [0.25, 0.3) is 0 Å². The van der Waals surface area contributed by atoms with E-state index < -0.39 is 18.0 Å². The lowest BCUT2D eigenvalue weighted by molar-refractivity contribution is -0.125. The summed E-state index contributed by atoms with van der Waals surface area (Å²) in [6, 6.07) is 15.6. The van der Waals surface area contributed by atoms with E-state index in [0.29, 0.717) is 33.8 Å². The van der Waals surface area contributed by atoms with Gasteiger partial charge in [0.2, 0.25) is 6.10 Å². The number of hydrogen-bond donors (Lipinski definition) is 2. The van der Waals surface area contributed by atoms with Crippen LogP contribution in [0.15, 0.2) is 54.6 Å². The van der Waals surface area contributed by atoms with Gasteiger partial charge in [0, 0.05) is 28.6 Å². The first-order valence-electron chi connectivity index (χ1n) is 9.72. The fourth-order valence-corrected chi connectivity index (χ4v) is 3.46. The third-order valence-electron chi connectivity index (χ3n) is 4.90. The molecule has 0 radical (unpaired) electrons. The number of amides is 1. The van der Waals surface area contributed by atoms with Crippen LogP contribution in [0.3, 0.4) is 0 Å². The van der Waals surface area contributed by atoms with Crippen molar-refractivity contribution in [2.45, 2.75) is 26.9 Å². The molecule has 0 spiro atoms. The van der Waals surface area contributed by atoms with E-state index in [-0.39, 0.29) is 11.5 Å². The molecular weight excluding hydrogens is 396 g/mol. The Hall–Kier alpha value is -3.87. The van der Waals surface area contributed by atoms with Gasteiger partial charge in [-0.05, 0) is 38.5 Å². The molecule has 0 aliphatic rings. The number of nitrogens with one attached hydrogen (secondary N) is 2. The molecule has 3 aromatic rings. The molecule has 31 heavy (non-hydrogen) atoms. The minimum Gasteiger partial charge on any atom is -0.497 e. The molecule has 2 N–H and O–H groups in total. The zero-order valence-electron chi connectivity index (χ0n) is 17.8. The first kappa shape index (κ1) is 21.8. The molecule has 1 atom stereocenters. The van der Waals surface area contributed by atoms with Gasteiger partial charge in [0.25, 0.3) is 5.91 Å². The summed E-state index contributed by atoms with van der Waals surface area (Å²) in [5.41, 5.74) is 2.70. The largest absolute Gasteiger partial charge is 0.497 e. The Morgan fingerprint density at radius 2 is 1.71 bits per heavy atom. The number of ether oxygens (including phenoxy) is 2. The van der Waals surface area contributed by atoms with Crippen LogP contribution in [0.5, 0.6) is 5.75 Å².